The molecule has 0 rings (SSSR count). The van der Waals surface area contributed by atoms with E-state index in [0.717, 1.165) is 5.92 Å². The summed E-state index contributed by atoms with van der Waals surface area (Å²) in [7, 11) is 0. The zero-order valence-corrected chi connectivity index (χ0v) is 10.3. The van der Waals surface area contributed by atoms with E-state index in [4.69, 9.17) is 0 Å². The highest BCUT2D eigenvalue weighted by Gasteiger charge is 1.90. The molecule has 80 valence electrons. The van der Waals surface area contributed by atoms with Gasteiger partial charge in [0.05, 0.1) is 0 Å². The third-order valence-corrected chi connectivity index (χ3v) is 1.86. The van der Waals surface area contributed by atoms with Crippen molar-refractivity contribution < 1.29 is 0 Å². The summed E-state index contributed by atoms with van der Waals surface area (Å²) < 4.78 is 0. The Balaban J connectivity index is 0. The van der Waals surface area contributed by atoms with E-state index >= 15 is 0 Å². The molecule has 0 saturated carbocycles. The number of hydrogen-bond acceptors (Lipinski definition) is 0. The van der Waals surface area contributed by atoms with Gasteiger partial charge in [0.15, 0.2) is 0 Å². The van der Waals surface area contributed by atoms with Crippen molar-refractivity contribution in [3.8, 4) is 0 Å². The Morgan fingerprint density at radius 2 is 1.54 bits per heavy atom. The van der Waals surface area contributed by atoms with Crippen LogP contribution in [0.5, 0.6) is 0 Å². The number of rotatable bonds is 5. The van der Waals surface area contributed by atoms with E-state index < -0.39 is 0 Å². The van der Waals surface area contributed by atoms with Gasteiger partial charge in [-0.05, 0) is 11.8 Å². The number of unbranched alkanes of at least 4 members (excludes halogenated alkanes) is 2. The van der Waals surface area contributed by atoms with Gasteiger partial charge < -0.3 is 0 Å². The molecule has 0 amide bonds. The highest BCUT2D eigenvalue weighted by molar-refractivity contribution is 4.69. The van der Waals surface area contributed by atoms with Crippen LogP contribution in [0, 0.1) is 11.8 Å². The van der Waals surface area contributed by atoms with Crippen molar-refractivity contribution in [2.75, 3.05) is 0 Å². The summed E-state index contributed by atoms with van der Waals surface area (Å²) in [5.41, 5.74) is 0. The first kappa shape index (κ1) is 15.2. The largest absolute Gasteiger partial charge is 0.103 e. The molecule has 0 aliphatic heterocycles. The van der Waals surface area contributed by atoms with Gasteiger partial charge in [0.25, 0.3) is 0 Å². The molecular formula is C13H28. The molecule has 13 heavy (non-hydrogen) atoms. The van der Waals surface area contributed by atoms with Crippen LogP contribution in [-0.4, -0.2) is 0 Å². The third kappa shape index (κ3) is 24.5. The molecule has 0 saturated heterocycles. The van der Waals surface area contributed by atoms with Gasteiger partial charge in [0.1, 0.15) is 0 Å². The van der Waals surface area contributed by atoms with E-state index in [1.807, 2.05) is 6.08 Å². The fraction of sp³-hybridized carbons (Fsp3) is 0.846. The van der Waals surface area contributed by atoms with Crippen molar-refractivity contribution in [1.82, 2.24) is 0 Å². The number of hydrogen-bond donors (Lipinski definition) is 0. The lowest BCUT2D eigenvalue weighted by molar-refractivity contribution is 0.534. The molecule has 0 aromatic carbocycles. The molecule has 0 heterocycles. The summed E-state index contributed by atoms with van der Waals surface area (Å²) >= 11 is 0. The molecule has 0 heteroatoms. The monoisotopic (exact) mass is 184 g/mol. The molecular weight excluding hydrogens is 156 g/mol. The summed E-state index contributed by atoms with van der Waals surface area (Å²) in [6, 6.07) is 0. The second-order valence-corrected chi connectivity index (χ2v) is 4.37. The zero-order valence-electron chi connectivity index (χ0n) is 10.3. The highest BCUT2D eigenvalue weighted by Crippen LogP contribution is 2.06. The maximum Gasteiger partial charge on any atom is -0.0293 e. The Hall–Kier alpha value is -0.260. The molecule has 0 bridgehead atoms. The molecule has 0 radical (unpaired) electrons. The minimum atomic E-state index is 0.648. The summed E-state index contributed by atoms with van der Waals surface area (Å²) in [4.78, 5) is 0. The smallest absolute Gasteiger partial charge is 0.0293 e. The predicted molar refractivity (Wildman–Crippen MR) is 64.0 cm³/mol. The highest BCUT2D eigenvalue weighted by atomic mass is 14.0. The minimum Gasteiger partial charge on any atom is -0.103 e. The van der Waals surface area contributed by atoms with Gasteiger partial charge >= 0.3 is 0 Å². The van der Waals surface area contributed by atoms with Crippen molar-refractivity contribution in [1.29, 1.82) is 0 Å². The Morgan fingerprint density at radius 1 is 1.08 bits per heavy atom. The predicted octanol–water partition coefficient (Wildman–Crippen LogP) is 5.05. The van der Waals surface area contributed by atoms with Crippen molar-refractivity contribution in [2.45, 2.75) is 60.3 Å². The van der Waals surface area contributed by atoms with E-state index in [2.05, 4.69) is 41.2 Å². The molecule has 0 nitrogen and oxygen atoms in total. The first-order valence-electron chi connectivity index (χ1n) is 5.67. The van der Waals surface area contributed by atoms with Crippen LogP contribution in [0.1, 0.15) is 60.3 Å². The van der Waals surface area contributed by atoms with E-state index in [1.54, 1.807) is 0 Å². The fourth-order valence-corrected chi connectivity index (χ4v) is 0.803. The topological polar surface area (TPSA) is 0 Å². The molecule has 0 N–H and O–H groups in total. The fourth-order valence-electron chi connectivity index (χ4n) is 0.803. The summed E-state index contributed by atoms with van der Waals surface area (Å²) in [6.07, 6.45) is 7.52. The Labute approximate surface area is 85.4 Å². The average Bonchev–Trinajstić information content (AvgIpc) is 2.05. The number of allylic oxidation sites excluding steroid dienone is 1. The van der Waals surface area contributed by atoms with Crippen LogP contribution < -0.4 is 0 Å². The third-order valence-electron chi connectivity index (χ3n) is 1.86. The quantitative estimate of drug-likeness (QED) is 0.414. The lowest BCUT2D eigenvalue weighted by Crippen LogP contribution is -1.85. The summed E-state index contributed by atoms with van der Waals surface area (Å²) in [5, 5.41) is 0. The molecule has 0 fully saturated rings. The Morgan fingerprint density at radius 3 is 1.77 bits per heavy atom. The second-order valence-electron chi connectivity index (χ2n) is 4.37. The van der Waals surface area contributed by atoms with Crippen molar-refractivity contribution in [3.63, 3.8) is 0 Å². The summed E-state index contributed by atoms with van der Waals surface area (Å²) in [5.74, 6) is 1.55. The average molecular weight is 184 g/mol. The van der Waals surface area contributed by atoms with Gasteiger partial charge in [-0.25, -0.2) is 0 Å². The van der Waals surface area contributed by atoms with Gasteiger partial charge in [-0.3, -0.25) is 0 Å². The van der Waals surface area contributed by atoms with Crippen molar-refractivity contribution >= 4 is 0 Å². The standard InChI is InChI=1S/C8H18.C5H10/c1-4-5-6-7-8(2)3;1-4-5(2)3/h8H,4-7H2,1-3H3;4-5H,1H2,2-3H3. The van der Waals surface area contributed by atoms with E-state index in [9.17, 15) is 0 Å². The van der Waals surface area contributed by atoms with Gasteiger partial charge in [0.2, 0.25) is 0 Å². The zero-order chi connectivity index (χ0) is 10.7. The van der Waals surface area contributed by atoms with Crippen LogP contribution in [0.15, 0.2) is 12.7 Å². The van der Waals surface area contributed by atoms with Crippen molar-refractivity contribution in [2.24, 2.45) is 11.8 Å². The molecule has 0 aromatic heterocycles. The van der Waals surface area contributed by atoms with Gasteiger partial charge in [-0.2, -0.15) is 0 Å². The normalized spacial score (nSPS) is 9.77. The molecule has 0 aromatic rings. The van der Waals surface area contributed by atoms with Crippen LogP contribution in [-0.2, 0) is 0 Å². The SMILES string of the molecule is C=CC(C)C.CCCCCC(C)C. The lowest BCUT2D eigenvalue weighted by Gasteiger charge is -2.00. The maximum atomic E-state index is 3.56. The Kier molecular flexibility index (Phi) is 13.7. The molecule has 0 aliphatic rings. The molecule has 0 atom stereocenters. The van der Waals surface area contributed by atoms with Gasteiger partial charge in [-0.15, -0.1) is 6.58 Å². The first-order valence-corrected chi connectivity index (χ1v) is 5.67. The lowest BCUT2D eigenvalue weighted by atomic mass is 10.1. The Bertz CT molecular complexity index is 90.2. The molecule has 0 unspecified atom stereocenters. The van der Waals surface area contributed by atoms with Crippen LogP contribution in [0.3, 0.4) is 0 Å². The minimum absolute atomic E-state index is 0.648. The first-order chi connectivity index (χ1) is 6.04. The van der Waals surface area contributed by atoms with E-state index in [1.165, 1.54) is 25.7 Å². The van der Waals surface area contributed by atoms with Gasteiger partial charge in [-0.1, -0.05) is 66.4 Å². The molecule has 0 aliphatic carbocycles. The maximum absolute atomic E-state index is 3.56. The van der Waals surface area contributed by atoms with Crippen LogP contribution >= 0.6 is 0 Å². The van der Waals surface area contributed by atoms with E-state index in [0.29, 0.717) is 5.92 Å². The van der Waals surface area contributed by atoms with Crippen molar-refractivity contribution in [3.05, 3.63) is 12.7 Å². The summed E-state index contributed by atoms with van der Waals surface area (Å²) in [6.45, 7) is 14.6. The van der Waals surface area contributed by atoms with Crippen LogP contribution in [0.4, 0.5) is 0 Å². The van der Waals surface area contributed by atoms with Crippen LogP contribution in [0.25, 0.3) is 0 Å². The van der Waals surface area contributed by atoms with Gasteiger partial charge in [0, 0.05) is 0 Å². The second kappa shape index (κ2) is 11.7. The van der Waals surface area contributed by atoms with Crippen LogP contribution in [0.2, 0.25) is 0 Å². The van der Waals surface area contributed by atoms with E-state index in [-0.39, 0.29) is 0 Å². The molecule has 0 spiro atoms.